The molecule has 0 saturated heterocycles. The molecule has 0 atom stereocenters. The summed E-state index contributed by atoms with van der Waals surface area (Å²) < 4.78 is 45.3. The molecule has 0 aliphatic carbocycles. The lowest BCUT2D eigenvalue weighted by atomic mass is 10.1. The SMILES string of the molecule is FC(F)(F)c1ccc(-c2cc(Oc3cccc4sc(Nc5ccccn5)nc34)ncn2)cc1. The van der Waals surface area contributed by atoms with Crippen LogP contribution in [0.3, 0.4) is 0 Å². The van der Waals surface area contributed by atoms with E-state index in [9.17, 15) is 13.2 Å². The van der Waals surface area contributed by atoms with Gasteiger partial charge in [-0.15, -0.1) is 0 Å². The van der Waals surface area contributed by atoms with E-state index >= 15 is 0 Å². The number of hydrogen-bond donors (Lipinski definition) is 1. The molecule has 0 bridgehead atoms. The summed E-state index contributed by atoms with van der Waals surface area (Å²) >= 11 is 1.45. The predicted molar refractivity (Wildman–Crippen MR) is 120 cm³/mol. The van der Waals surface area contributed by atoms with E-state index in [0.29, 0.717) is 33.5 Å². The average Bonchev–Trinajstić information content (AvgIpc) is 3.23. The summed E-state index contributed by atoms with van der Waals surface area (Å²) in [5, 5.41) is 3.83. The minimum atomic E-state index is -4.39. The van der Waals surface area contributed by atoms with Crippen molar-refractivity contribution in [2.24, 2.45) is 0 Å². The quantitative estimate of drug-likeness (QED) is 0.311. The number of halogens is 3. The van der Waals surface area contributed by atoms with E-state index in [0.717, 1.165) is 16.8 Å². The lowest BCUT2D eigenvalue weighted by Gasteiger charge is -2.09. The van der Waals surface area contributed by atoms with Crippen LogP contribution in [0.15, 0.2) is 79.3 Å². The van der Waals surface area contributed by atoms with Gasteiger partial charge in [-0.2, -0.15) is 13.2 Å². The third-order valence-electron chi connectivity index (χ3n) is 4.65. The van der Waals surface area contributed by atoms with Gasteiger partial charge in [0.25, 0.3) is 0 Å². The highest BCUT2D eigenvalue weighted by atomic mass is 32.1. The molecule has 0 aliphatic rings. The van der Waals surface area contributed by atoms with E-state index in [-0.39, 0.29) is 5.88 Å². The molecule has 0 saturated carbocycles. The summed E-state index contributed by atoms with van der Waals surface area (Å²) in [6.07, 6.45) is -1.40. The third-order valence-corrected chi connectivity index (χ3v) is 5.58. The molecule has 3 heterocycles. The summed E-state index contributed by atoms with van der Waals surface area (Å²) in [6, 6.07) is 17.4. The van der Waals surface area contributed by atoms with Crippen molar-refractivity contribution in [3.63, 3.8) is 0 Å². The van der Waals surface area contributed by atoms with Crippen LogP contribution in [-0.4, -0.2) is 19.9 Å². The molecule has 0 unspecified atom stereocenters. The highest BCUT2D eigenvalue weighted by molar-refractivity contribution is 7.22. The Kier molecular flexibility index (Phi) is 5.35. The van der Waals surface area contributed by atoms with Gasteiger partial charge in [-0.25, -0.2) is 19.9 Å². The number of pyridine rings is 1. The van der Waals surface area contributed by atoms with Gasteiger partial charge in [0.05, 0.1) is 16.0 Å². The van der Waals surface area contributed by atoms with Gasteiger partial charge < -0.3 is 10.1 Å². The predicted octanol–water partition coefficient (Wildman–Crippen LogP) is 6.70. The van der Waals surface area contributed by atoms with Crippen LogP contribution < -0.4 is 10.1 Å². The van der Waals surface area contributed by atoms with E-state index in [4.69, 9.17) is 4.74 Å². The van der Waals surface area contributed by atoms with E-state index < -0.39 is 11.7 Å². The molecule has 0 spiro atoms. The number of ether oxygens (including phenoxy) is 1. The van der Waals surface area contributed by atoms with Crippen LogP contribution >= 0.6 is 11.3 Å². The fourth-order valence-electron chi connectivity index (χ4n) is 3.10. The first kappa shape index (κ1) is 20.8. The molecular formula is C23H14F3N5OS. The highest BCUT2D eigenvalue weighted by Crippen LogP contribution is 2.36. The average molecular weight is 465 g/mol. The van der Waals surface area contributed by atoms with Crippen LogP contribution in [0.5, 0.6) is 11.6 Å². The zero-order valence-electron chi connectivity index (χ0n) is 16.7. The van der Waals surface area contributed by atoms with Crippen LogP contribution in [-0.2, 0) is 6.18 Å². The van der Waals surface area contributed by atoms with E-state index in [1.807, 2.05) is 30.3 Å². The van der Waals surface area contributed by atoms with Crippen molar-refractivity contribution >= 4 is 32.5 Å². The van der Waals surface area contributed by atoms with Crippen molar-refractivity contribution in [2.45, 2.75) is 6.18 Å². The maximum Gasteiger partial charge on any atom is 0.416 e. The van der Waals surface area contributed by atoms with Gasteiger partial charge in [-0.05, 0) is 36.4 Å². The summed E-state index contributed by atoms with van der Waals surface area (Å²) in [4.78, 5) is 17.1. The number of thiazole rings is 1. The zero-order chi connectivity index (χ0) is 22.8. The number of rotatable bonds is 5. The summed E-state index contributed by atoms with van der Waals surface area (Å²) in [5.41, 5.74) is 0.887. The number of benzene rings is 2. The number of alkyl halides is 3. The molecule has 10 heteroatoms. The number of fused-ring (bicyclic) bond motifs is 1. The van der Waals surface area contributed by atoms with Crippen molar-refractivity contribution in [1.82, 2.24) is 19.9 Å². The van der Waals surface area contributed by atoms with Crippen LogP contribution in [0, 0.1) is 0 Å². The molecule has 5 rings (SSSR count). The van der Waals surface area contributed by atoms with Crippen LogP contribution in [0.2, 0.25) is 0 Å². The van der Waals surface area contributed by atoms with Crippen LogP contribution in [0.1, 0.15) is 5.56 Å². The van der Waals surface area contributed by atoms with Gasteiger partial charge in [-0.3, -0.25) is 0 Å². The van der Waals surface area contributed by atoms with Crippen molar-refractivity contribution in [1.29, 1.82) is 0 Å². The molecule has 2 aromatic carbocycles. The van der Waals surface area contributed by atoms with E-state index in [1.54, 1.807) is 18.3 Å². The molecule has 0 radical (unpaired) electrons. The topological polar surface area (TPSA) is 72.8 Å². The fraction of sp³-hybridized carbons (Fsp3) is 0.0435. The highest BCUT2D eigenvalue weighted by Gasteiger charge is 2.30. The second-order valence-electron chi connectivity index (χ2n) is 6.88. The van der Waals surface area contributed by atoms with E-state index in [1.165, 1.54) is 29.8 Å². The molecule has 0 aliphatic heterocycles. The molecule has 6 nitrogen and oxygen atoms in total. The standard InChI is InChI=1S/C23H14F3N5OS/c24-23(25,26)15-9-7-14(8-10-15)16-12-20(29-13-28-16)32-17-4-3-5-18-21(17)31-22(33-18)30-19-6-1-2-11-27-19/h1-13H,(H,27,30,31). The Morgan fingerprint density at radius 1 is 0.879 bits per heavy atom. The first-order chi connectivity index (χ1) is 16.0. The first-order valence-corrected chi connectivity index (χ1v) is 10.5. The van der Waals surface area contributed by atoms with Gasteiger partial charge in [0.1, 0.15) is 17.7 Å². The Hall–Kier alpha value is -4.05. The van der Waals surface area contributed by atoms with Gasteiger partial charge >= 0.3 is 6.18 Å². The lowest BCUT2D eigenvalue weighted by Crippen LogP contribution is -2.04. The minimum Gasteiger partial charge on any atom is -0.437 e. The number of nitrogens with one attached hydrogen (secondary N) is 1. The van der Waals surface area contributed by atoms with Crippen LogP contribution in [0.25, 0.3) is 21.5 Å². The van der Waals surface area contributed by atoms with Crippen molar-refractivity contribution < 1.29 is 17.9 Å². The molecule has 164 valence electrons. The maximum absolute atomic E-state index is 12.8. The molecule has 0 fully saturated rings. The third kappa shape index (κ3) is 4.60. The second kappa shape index (κ2) is 8.47. The molecule has 33 heavy (non-hydrogen) atoms. The lowest BCUT2D eigenvalue weighted by molar-refractivity contribution is -0.137. The fourth-order valence-corrected chi connectivity index (χ4v) is 3.99. The minimum absolute atomic E-state index is 0.250. The Morgan fingerprint density at radius 3 is 2.48 bits per heavy atom. The zero-order valence-corrected chi connectivity index (χ0v) is 17.6. The summed E-state index contributed by atoms with van der Waals surface area (Å²) in [7, 11) is 0. The first-order valence-electron chi connectivity index (χ1n) is 9.71. The molecule has 5 aromatic rings. The van der Waals surface area contributed by atoms with Gasteiger partial charge in [0.15, 0.2) is 10.9 Å². The number of nitrogens with zero attached hydrogens (tertiary/aromatic N) is 4. The summed E-state index contributed by atoms with van der Waals surface area (Å²) in [6.45, 7) is 0. The second-order valence-corrected chi connectivity index (χ2v) is 7.91. The maximum atomic E-state index is 12.8. The van der Waals surface area contributed by atoms with Crippen molar-refractivity contribution in [2.75, 3.05) is 5.32 Å². The van der Waals surface area contributed by atoms with Gasteiger partial charge in [0, 0.05) is 17.8 Å². The Morgan fingerprint density at radius 2 is 1.73 bits per heavy atom. The van der Waals surface area contributed by atoms with Crippen molar-refractivity contribution in [3.05, 3.63) is 84.8 Å². The molecule has 0 amide bonds. The van der Waals surface area contributed by atoms with Crippen LogP contribution in [0.4, 0.5) is 24.1 Å². The monoisotopic (exact) mass is 465 g/mol. The largest absolute Gasteiger partial charge is 0.437 e. The molecular weight excluding hydrogens is 451 g/mol. The number of anilines is 2. The van der Waals surface area contributed by atoms with Gasteiger partial charge in [-0.1, -0.05) is 35.6 Å². The molecule has 1 N–H and O–H groups in total. The van der Waals surface area contributed by atoms with Gasteiger partial charge in [0.2, 0.25) is 5.88 Å². The Bertz CT molecular complexity index is 1410. The number of aromatic nitrogens is 4. The Balaban J connectivity index is 1.41. The van der Waals surface area contributed by atoms with E-state index in [2.05, 4.69) is 25.3 Å². The Labute approximate surface area is 189 Å². The smallest absolute Gasteiger partial charge is 0.416 e. The number of para-hydroxylation sites is 1. The summed E-state index contributed by atoms with van der Waals surface area (Å²) in [5.74, 6) is 1.42. The number of hydrogen-bond acceptors (Lipinski definition) is 7. The normalized spacial score (nSPS) is 11.5. The van der Waals surface area contributed by atoms with Crippen molar-refractivity contribution in [3.8, 4) is 22.9 Å². The molecule has 3 aromatic heterocycles.